The molecule has 0 aliphatic carbocycles. The number of carbonyl (C=O) groups excluding carboxylic acids is 2. The van der Waals surface area contributed by atoms with E-state index in [0.29, 0.717) is 45.8 Å². The van der Waals surface area contributed by atoms with Crippen molar-refractivity contribution in [3.05, 3.63) is 0 Å². The van der Waals surface area contributed by atoms with Gasteiger partial charge in [-0.1, -0.05) is 21.6 Å². The molecule has 0 fully saturated rings. The quantitative estimate of drug-likeness (QED) is 0.235. The molecular weight excluding hydrogens is 378 g/mol. The number of ether oxygens (including phenoxy) is 4. The summed E-state index contributed by atoms with van der Waals surface area (Å²) in [6.45, 7) is 6.55. The van der Waals surface area contributed by atoms with Gasteiger partial charge in [-0.3, -0.25) is 4.79 Å². The van der Waals surface area contributed by atoms with E-state index >= 15 is 0 Å². The van der Waals surface area contributed by atoms with Crippen LogP contribution in [0, 0.1) is 0 Å². The second-order valence-corrected chi connectivity index (χ2v) is 9.26. The number of alkyl carbamates (subject to hydrolysis) is 1. The van der Waals surface area contributed by atoms with E-state index in [0.717, 1.165) is 18.6 Å². The molecule has 1 N–H and O–H groups in total. The van der Waals surface area contributed by atoms with Gasteiger partial charge in [0.05, 0.1) is 19.8 Å². The third-order valence-electron chi connectivity index (χ3n) is 3.16. The summed E-state index contributed by atoms with van der Waals surface area (Å²) >= 11 is 0. The minimum atomic E-state index is -0.414. The molecule has 0 atom stereocenters. The predicted octanol–water partition coefficient (Wildman–Crippen LogP) is 3.27. The Morgan fingerprint density at radius 2 is 1.69 bits per heavy atom. The van der Waals surface area contributed by atoms with Crippen molar-refractivity contribution in [3.63, 3.8) is 0 Å². The van der Waals surface area contributed by atoms with Crippen molar-refractivity contribution in [2.45, 2.75) is 44.3 Å². The zero-order valence-electron chi connectivity index (χ0n) is 16.3. The molecule has 154 valence electrons. The zero-order valence-corrected chi connectivity index (χ0v) is 18.0. The molecule has 9 heteroatoms. The number of amides is 1. The highest BCUT2D eigenvalue weighted by molar-refractivity contribution is 8.77. The van der Waals surface area contributed by atoms with Crippen molar-refractivity contribution >= 4 is 33.7 Å². The van der Waals surface area contributed by atoms with E-state index in [-0.39, 0.29) is 10.7 Å². The molecule has 0 unspecified atom stereocenters. The van der Waals surface area contributed by atoms with Crippen molar-refractivity contribution in [2.24, 2.45) is 0 Å². The monoisotopic (exact) mass is 411 g/mol. The summed E-state index contributed by atoms with van der Waals surface area (Å²) in [7, 11) is 6.69. The topological polar surface area (TPSA) is 83.1 Å². The van der Waals surface area contributed by atoms with Crippen LogP contribution < -0.4 is 5.32 Å². The number of methoxy groups -OCH3 is 2. The van der Waals surface area contributed by atoms with Gasteiger partial charge in [0, 0.05) is 44.3 Å². The molecule has 1 amide bonds. The Balaban J connectivity index is 3.59. The van der Waals surface area contributed by atoms with Crippen LogP contribution in [0.1, 0.15) is 39.5 Å². The van der Waals surface area contributed by atoms with Crippen LogP contribution in [0.15, 0.2) is 0 Å². The Hall–Kier alpha value is -0.640. The van der Waals surface area contributed by atoms with Crippen molar-refractivity contribution < 1.29 is 28.5 Å². The lowest BCUT2D eigenvalue weighted by molar-refractivity contribution is -0.143. The fourth-order valence-electron chi connectivity index (χ4n) is 1.68. The maximum Gasteiger partial charge on any atom is 0.407 e. The summed E-state index contributed by atoms with van der Waals surface area (Å²) in [6.07, 6.45) is 2.27. The third kappa shape index (κ3) is 16.8. The number of nitrogens with one attached hydrogen (secondary N) is 1. The number of rotatable bonds is 16. The van der Waals surface area contributed by atoms with Crippen molar-refractivity contribution in [1.82, 2.24) is 5.32 Å². The molecule has 0 spiro atoms. The molecule has 0 saturated carbocycles. The molecule has 0 saturated heterocycles. The summed E-state index contributed by atoms with van der Waals surface area (Å²) in [6, 6.07) is 0. The second kappa shape index (κ2) is 16.5. The van der Waals surface area contributed by atoms with Gasteiger partial charge in [-0.15, -0.1) is 0 Å². The Labute approximate surface area is 165 Å². The van der Waals surface area contributed by atoms with Crippen LogP contribution in [0.5, 0.6) is 0 Å². The molecular formula is C17H33NO6S2. The third-order valence-corrected chi connectivity index (χ3v) is 6.60. The van der Waals surface area contributed by atoms with E-state index in [1.807, 2.05) is 0 Å². The highest BCUT2D eigenvalue weighted by Crippen LogP contribution is 2.38. The van der Waals surface area contributed by atoms with Gasteiger partial charge >= 0.3 is 12.1 Å². The van der Waals surface area contributed by atoms with Crippen LogP contribution >= 0.6 is 21.6 Å². The van der Waals surface area contributed by atoms with Crippen LogP contribution in [0.4, 0.5) is 4.79 Å². The standard InChI is InChI=1S/C17H33NO6S2/c1-17(2,8-12-24-16(20)18-9-13-22-4)26-25-14-6-11-23-15(19)7-5-10-21-3/h5-14H2,1-4H3,(H,18,20). The second-order valence-electron chi connectivity index (χ2n) is 6.14. The van der Waals surface area contributed by atoms with Crippen molar-refractivity contribution in [2.75, 3.05) is 52.9 Å². The number of carbonyl (C=O) groups is 2. The molecule has 26 heavy (non-hydrogen) atoms. The van der Waals surface area contributed by atoms with E-state index < -0.39 is 6.09 Å². The first kappa shape index (κ1) is 25.4. The van der Waals surface area contributed by atoms with E-state index in [4.69, 9.17) is 18.9 Å². The number of hydrogen-bond acceptors (Lipinski definition) is 8. The summed E-state index contributed by atoms with van der Waals surface area (Å²) in [5, 5.41) is 2.61. The largest absolute Gasteiger partial charge is 0.466 e. The fraction of sp³-hybridized carbons (Fsp3) is 0.882. The predicted molar refractivity (Wildman–Crippen MR) is 107 cm³/mol. The van der Waals surface area contributed by atoms with Crippen molar-refractivity contribution in [3.8, 4) is 0 Å². The van der Waals surface area contributed by atoms with Gasteiger partial charge in [-0.2, -0.15) is 0 Å². The van der Waals surface area contributed by atoms with Gasteiger partial charge in [0.1, 0.15) is 0 Å². The first-order valence-electron chi connectivity index (χ1n) is 8.76. The maximum atomic E-state index is 11.4. The van der Waals surface area contributed by atoms with Gasteiger partial charge < -0.3 is 24.3 Å². The fourth-order valence-corrected chi connectivity index (χ4v) is 4.29. The molecule has 0 aliphatic rings. The minimum absolute atomic E-state index is 0.00565. The maximum absolute atomic E-state index is 11.4. The highest BCUT2D eigenvalue weighted by atomic mass is 33.1. The number of hydrogen-bond donors (Lipinski definition) is 1. The first-order valence-corrected chi connectivity index (χ1v) is 11.1. The molecule has 0 bridgehead atoms. The summed E-state index contributed by atoms with van der Waals surface area (Å²) in [5.41, 5.74) is 0. The average Bonchev–Trinajstić information content (AvgIpc) is 2.58. The van der Waals surface area contributed by atoms with E-state index in [9.17, 15) is 9.59 Å². The van der Waals surface area contributed by atoms with Crippen LogP contribution in [-0.2, 0) is 23.7 Å². The molecule has 7 nitrogen and oxygen atoms in total. The van der Waals surface area contributed by atoms with Crippen molar-refractivity contribution in [1.29, 1.82) is 0 Å². The number of esters is 1. The Bertz CT molecular complexity index is 382. The van der Waals surface area contributed by atoms with E-state index in [2.05, 4.69) is 19.2 Å². The first-order chi connectivity index (χ1) is 12.4. The van der Waals surface area contributed by atoms with Gasteiger partial charge in [0.25, 0.3) is 0 Å². The lowest BCUT2D eigenvalue weighted by Crippen LogP contribution is -2.29. The van der Waals surface area contributed by atoms with Gasteiger partial charge in [-0.25, -0.2) is 4.79 Å². The Morgan fingerprint density at radius 1 is 0.962 bits per heavy atom. The molecule has 0 aromatic rings. The van der Waals surface area contributed by atoms with Gasteiger partial charge in [-0.05, 0) is 33.1 Å². The molecule has 0 rings (SSSR count). The SMILES string of the molecule is COCCCC(=O)OCCCSSC(C)(C)CCOC(=O)NCCOC. The molecule has 0 heterocycles. The average molecular weight is 412 g/mol. The Morgan fingerprint density at radius 3 is 2.38 bits per heavy atom. The van der Waals surface area contributed by atoms with Crippen LogP contribution in [0.2, 0.25) is 0 Å². The molecule has 0 aromatic carbocycles. The normalized spacial score (nSPS) is 11.2. The Kier molecular flexibility index (Phi) is 16.1. The van der Waals surface area contributed by atoms with Crippen LogP contribution in [-0.4, -0.2) is 69.8 Å². The summed E-state index contributed by atoms with van der Waals surface area (Å²) in [5.74, 6) is 0.735. The molecule has 0 aromatic heterocycles. The van der Waals surface area contributed by atoms with E-state index in [1.54, 1.807) is 35.8 Å². The molecule has 0 aliphatic heterocycles. The lowest BCUT2D eigenvalue weighted by atomic mass is 10.1. The highest BCUT2D eigenvalue weighted by Gasteiger charge is 2.19. The lowest BCUT2D eigenvalue weighted by Gasteiger charge is -2.22. The summed E-state index contributed by atoms with van der Waals surface area (Å²) < 4.78 is 20.0. The van der Waals surface area contributed by atoms with Crippen LogP contribution in [0.3, 0.4) is 0 Å². The van der Waals surface area contributed by atoms with E-state index in [1.165, 1.54) is 0 Å². The van der Waals surface area contributed by atoms with Crippen LogP contribution in [0.25, 0.3) is 0 Å². The van der Waals surface area contributed by atoms with Gasteiger partial charge in [0.15, 0.2) is 0 Å². The minimum Gasteiger partial charge on any atom is -0.466 e. The summed E-state index contributed by atoms with van der Waals surface area (Å²) in [4.78, 5) is 22.8. The van der Waals surface area contributed by atoms with Gasteiger partial charge in [0.2, 0.25) is 0 Å². The zero-order chi connectivity index (χ0) is 19.7. The molecule has 0 radical (unpaired) electrons. The smallest absolute Gasteiger partial charge is 0.407 e.